The van der Waals surface area contributed by atoms with Crippen LogP contribution in [0.15, 0.2) is 170 Å². The van der Waals surface area contributed by atoms with Crippen LogP contribution in [-0.4, -0.2) is 15.0 Å². The van der Waals surface area contributed by atoms with E-state index in [-0.39, 0.29) is 0 Å². The van der Waals surface area contributed by atoms with E-state index in [9.17, 15) is 5.26 Å². The van der Waals surface area contributed by atoms with Gasteiger partial charge in [0.05, 0.1) is 45.4 Å². The minimum absolute atomic E-state index is 0.613. The second-order valence-electron chi connectivity index (χ2n) is 11.6. The fourth-order valence-electron chi connectivity index (χ4n) is 5.99. The summed E-state index contributed by atoms with van der Waals surface area (Å²) in [7, 11) is 0. The Hall–Kier alpha value is -6.70. The van der Waals surface area contributed by atoms with Gasteiger partial charge in [0.1, 0.15) is 0 Å². The van der Waals surface area contributed by atoms with Gasteiger partial charge in [-0.15, -0.1) is 0 Å². The molecule has 0 aliphatic heterocycles. The Morgan fingerprint density at radius 1 is 0.333 bits per heavy atom. The van der Waals surface area contributed by atoms with Gasteiger partial charge in [-0.1, -0.05) is 133 Å². The van der Waals surface area contributed by atoms with Crippen LogP contribution in [0.5, 0.6) is 0 Å². The molecular formula is C44H28N4. The maximum atomic E-state index is 9.29. The minimum atomic E-state index is 0.613. The smallest absolute Gasteiger partial charge is 0.0991 e. The van der Waals surface area contributed by atoms with Crippen molar-refractivity contribution >= 4 is 11.0 Å². The SMILES string of the molecule is N#Cc1ccc(-c2nc3ccccc3nc2-c2ccc(-c3ccc(-c4cc(-c5ccccc5)nc(-c5ccccc5)c4)cc3)cc2)cc1. The van der Waals surface area contributed by atoms with E-state index in [0.717, 1.165) is 78.3 Å². The zero-order chi connectivity index (χ0) is 32.3. The lowest BCUT2D eigenvalue weighted by Gasteiger charge is -2.12. The lowest BCUT2D eigenvalue weighted by molar-refractivity contribution is 1.29. The summed E-state index contributed by atoms with van der Waals surface area (Å²) in [6.45, 7) is 0. The van der Waals surface area contributed by atoms with Crippen LogP contribution in [0.3, 0.4) is 0 Å². The van der Waals surface area contributed by atoms with E-state index in [1.165, 1.54) is 0 Å². The van der Waals surface area contributed by atoms with E-state index in [4.69, 9.17) is 15.0 Å². The minimum Gasteiger partial charge on any atom is -0.248 e. The molecule has 0 N–H and O–H groups in total. The van der Waals surface area contributed by atoms with E-state index in [0.29, 0.717) is 5.56 Å². The third-order valence-corrected chi connectivity index (χ3v) is 8.53. The summed E-state index contributed by atoms with van der Waals surface area (Å²) in [5.74, 6) is 0. The molecule has 8 rings (SSSR count). The Labute approximate surface area is 279 Å². The van der Waals surface area contributed by atoms with Gasteiger partial charge in [0.2, 0.25) is 0 Å². The second kappa shape index (κ2) is 12.6. The summed E-state index contributed by atoms with van der Waals surface area (Å²) in [6.07, 6.45) is 0. The van der Waals surface area contributed by atoms with Crippen LogP contribution in [0.25, 0.3) is 78.3 Å². The van der Waals surface area contributed by atoms with Crippen molar-refractivity contribution in [3.63, 3.8) is 0 Å². The summed E-state index contributed by atoms with van der Waals surface area (Å²) in [6, 6.07) is 59.8. The lowest BCUT2D eigenvalue weighted by atomic mass is 9.96. The first kappa shape index (κ1) is 28.8. The fourth-order valence-corrected chi connectivity index (χ4v) is 5.99. The molecule has 6 aromatic carbocycles. The zero-order valence-electron chi connectivity index (χ0n) is 26.0. The van der Waals surface area contributed by atoms with Crippen LogP contribution < -0.4 is 0 Å². The number of benzene rings is 6. The van der Waals surface area contributed by atoms with Crippen molar-refractivity contribution in [2.75, 3.05) is 0 Å². The Balaban J connectivity index is 1.13. The van der Waals surface area contributed by atoms with Gasteiger partial charge in [-0.05, 0) is 58.7 Å². The third-order valence-electron chi connectivity index (χ3n) is 8.53. The van der Waals surface area contributed by atoms with E-state index in [1.807, 2.05) is 84.9 Å². The largest absolute Gasteiger partial charge is 0.248 e. The lowest BCUT2D eigenvalue weighted by Crippen LogP contribution is -1.95. The average molecular weight is 613 g/mol. The number of hydrogen-bond acceptors (Lipinski definition) is 4. The maximum absolute atomic E-state index is 9.29. The number of pyridine rings is 1. The molecule has 0 aliphatic rings. The molecule has 224 valence electrons. The predicted octanol–water partition coefficient (Wildman–Crippen LogP) is 10.9. The molecule has 4 nitrogen and oxygen atoms in total. The molecule has 0 unspecified atom stereocenters. The van der Waals surface area contributed by atoms with Crippen molar-refractivity contribution in [1.29, 1.82) is 5.26 Å². The summed E-state index contributed by atoms with van der Waals surface area (Å²) < 4.78 is 0. The molecule has 48 heavy (non-hydrogen) atoms. The molecule has 0 saturated carbocycles. The standard InChI is InChI=1S/C44H28N4/c45-29-30-15-17-36(18-16-30)43-44(48-40-14-8-7-13-39(40)47-43)37-25-23-32(24-26-37)31-19-21-33(22-20-31)38-27-41(34-9-3-1-4-10-34)46-42(28-38)35-11-5-2-6-12-35/h1-28H. The second-order valence-corrected chi connectivity index (χ2v) is 11.6. The van der Waals surface area contributed by atoms with Crippen molar-refractivity contribution in [3.05, 3.63) is 175 Å². The first-order chi connectivity index (χ1) is 23.7. The van der Waals surface area contributed by atoms with Crippen molar-refractivity contribution in [2.45, 2.75) is 0 Å². The maximum Gasteiger partial charge on any atom is 0.0991 e. The molecule has 8 aromatic rings. The summed E-state index contributed by atoms with van der Waals surface area (Å²) in [5.41, 5.74) is 14.3. The molecule has 0 saturated heterocycles. The molecule has 0 bridgehead atoms. The third kappa shape index (κ3) is 5.73. The van der Waals surface area contributed by atoms with Gasteiger partial charge in [0.25, 0.3) is 0 Å². The molecule has 0 amide bonds. The summed E-state index contributed by atoms with van der Waals surface area (Å²) >= 11 is 0. The topological polar surface area (TPSA) is 62.5 Å². The highest BCUT2D eigenvalue weighted by atomic mass is 14.8. The van der Waals surface area contributed by atoms with Crippen molar-refractivity contribution < 1.29 is 0 Å². The van der Waals surface area contributed by atoms with Gasteiger partial charge in [0, 0.05) is 22.3 Å². The summed E-state index contributed by atoms with van der Waals surface area (Å²) in [5, 5.41) is 9.29. The fraction of sp³-hybridized carbons (Fsp3) is 0. The highest BCUT2D eigenvalue weighted by molar-refractivity contribution is 5.87. The Kier molecular flexibility index (Phi) is 7.54. The van der Waals surface area contributed by atoms with E-state index in [2.05, 4.69) is 91.0 Å². The Morgan fingerprint density at radius 2 is 0.708 bits per heavy atom. The number of nitriles is 1. The number of fused-ring (bicyclic) bond motifs is 1. The first-order valence-electron chi connectivity index (χ1n) is 15.8. The number of rotatable bonds is 6. The summed E-state index contributed by atoms with van der Waals surface area (Å²) in [4.78, 5) is 15.1. The molecule has 0 fully saturated rings. The molecular weight excluding hydrogens is 585 g/mol. The van der Waals surface area contributed by atoms with Crippen LogP contribution in [-0.2, 0) is 0 Å². The molecule has 2 aromatic heterocycles. The molecule has 0 atom stereocenters. The monoisotopic (exact) mass is 612 g/mol. The van der Waals surface area contributed by atoms with E-state index < -0.39 is 0 Å². The molecule has 2 heterocycles. The number of para-hydroxylation sites is 2. The van der Waals surface area contributed by atoms with Crippen LogP contribution in [0.4, 0.5) is 0 Å². The molecule has 0 aliphatic carbocycles. The Morgan fingerprint density at radius 3 is 1.15 bits per heavy atom. The highest BCUT2D eigenvalue weighted by Gasteiger charge is 2.14. The van der Waals surface area contributed by atoms with Gasteiger partial charge < -0.3 is 0 Å². The Bertz CT molecular complexity index is 2350. The van der Waals surface area contributed by atoms with E-state index in [1.54, 1.807) is 0 Å². The first-order valence-corrected chi connectivity index (χ1v) is 15.8. The van der Waals surface area contributed by atoms with Gasteiger partial charge in [-0.2, -0.15) is 5.26 Å². The van der Waals surface area contributed by atoms with Gasteiger partial charge in [-0.25, -0.2) is 15.0 Å². The van der Waals surface area contributed by atoms with Gasteiger partial charge in [0.15, 0.2) is 0 Å². The number of nitrogens with zero attached hydrogens (tertiary/aromatic N) is 4. The normalized spacial score (nSPS) is 10.9. The zero-order valence-corrected chi connectivity index (χ0v) is 26.0. The number of hydrogen-bond donors (Lipinski definition) is 0. The van der Waals surface area contributed by atoms with Crippen LogP contribution in [0, 0.1) is 11.3 Å². The van der Waals surface area contributed by atoms with E-state index >= 15 is 0 Å². The van der Waals surface area contributed by atoms with Crippen LogP contribution in [0.1, 0.15) is 5.56 Å². The molecule has 4 heteroatoms. The van der Waals surface area contributed by atoms with Crippen molar-refractivity contribution in [1.82, 2.24) is 15.0 Å². The van der Waals surface area contributed by atoms with Crippen molar-refractivity contribution in [3.8, 4) is 73.4 Å². The van der Waals surface area contributed by atoms with Crippen LogP contribution in [0.2, 0.25) is 0 Å². The molecule has 0 radical (unpaired) electrons. The predicted molar refractivity (Wildman–Crippen MR) is 195 cm³/mol. The van der Waals surface area contributed by atoms with Crippen LogP contribution >= 0.6 is 0 Å². The quantitative estimate of drug-likeness (QED) is 0.187. The van der Waals surface area contributed by atoms with Crippen molar-refractivity contribution in [2.24, 2.45) is 0 Å². The molecule has 0 spiro atoms. The average Bonchev–Trinajstić information content (AvgIpc) is 3.18. The highest BCUT2D eigenvalue weighted by Crippen LogP contribution is 2.34. The number of aromatic nitrogens is 3. The van der Waals surface area contributed by atoms with Gasteiger partial charge in [-0.3, -0.25) is 0 Å². The van der Waals surface area contributed by atoms with Gasteiger partial charge >= 0.3 is 0 Å².